The van der Waals surface area contributed by atoms with Crippen LogP contribution < -0.4 is 0 Å². The molecule has 0 saturated carbocycles. The van der Waals surface area contributed by atoms with Crippen LogP contribution in [0.15, 0.2) is 5.11 Å². The number of ether oxygens (including phenoxy) is 1. The van der Waals surface area contributed by atoms with Crippen molar-refractivity contribution < 1.29 is 4.74 Å². The van der Waals surface area contributed by atoms with Gasteiger partial charge in [0.1, 0.15) is 0 Å². The van der Waals surface area contributed by atoms with Gasteiger partial charge in [0.05, 0.1) is 12.2 Å². The van der Waals surface area contributed by atoms with Gasteiger partial charge in [-0.15, -0.1) is 0 Å². The van der Waals surface area contributed by atoms with Crippen molar-refractivity contribution in [3.05, 3.63) is 10.4 Å². The smallest absolute Gasteiger partial charge is 0.0583 e. The lowest BCUT2D eigenvalue weighted by Gasteiger charge is -2.24. The molecule has 2 aliphatic rings. The minimum Gasteiger partial charge on any atom is -0.375 e. The van der Waals surface area contributed by atoms with Gasteiger partial charge < -0.3 is 4.74 Å². The molecule has 0 aromatic carbocycles. The van der Waals surface area contributed by atoms with E-state index in [0.717, 1.165) is 25.7 Å². The monoisotopic (exact) mass is 153 g/mol. The Morgan fingerprint density at radius 3 is 2.45 bits per heavy atom. The summed E-state index contributed by atoms with van der Waals surface area (Å²) >= 11 is 0. The summed E-state index contributed by atoms with van der Waals surface area (Å²) < 4.78 is 5.59. The van der Waals surface area contributed by atoms with Crippen LogP contribution in [0.1, 0.15) is 25.7 Å². The fourth-order valence-electron chi connectivity index (χ4n) is 2.00. The highest BCUT2D eigenvalue weighted by molar-refractivity contribution is 4.87. The number of hydrogen-bond donors (Lipinski definition) is 0. The summed E-state index contributed by atoms with van der Waals surface area (Å²) in [5.41, 5.74) is 8.23. The molecule has 0 radical (unpaired) electrons. The number of azide groups is 1. The number of rotatable bonds is 1. The number of fused-ring (bicyclic) bond motifs is 2. The van der Waals surface area contributed by atoms with Crippen LogP contribution >= 0.6 is 0 Å². The fourth-order valence-corrected chi connectivity index (χ4v) is 2.00. The molecule has 3 atom stereocenters. The fraction of sp³-hybridized carbons (Fsp3) is 1.00. The maximum atomic E-state index is 8.23. The van der Waals surface area contributed by atoms with Crippen molar-refractivity contribution >= 4 is 0 Å². The number of nitrogens with zero attached hydrogens (tertiary/aromatic N) is 3. The van der Waals surface area contributed by atoms with E-state index >= 15 is 0 Å². The second-order valence-electron chi connectivity index (χ2n) is 3.29. The predicted octanol–water partition coefficient (Wildman–Crippen LogP) is 2.01. The maximum Gasteiger partial charge on any atom is 0.0583 e. The molecule has 60 valence electrons. The molecular weight excluding hydrogens is 142 g/mol. The molecule has 0 aliphatic carbocycles. The maximum absolute atomic E-state index is 8.23. The zero-order chi connectivity index (χ0) is 7.68. The zero-order valence-electron chi connectivity index (χ0n) is 6.31. The molecule has 0 N–H and O–H groups in total. The van der Waals surface area contributed by atoms with Crippen LogP contribution in [-0.2, 0) is 4.74 Å². The minimum atomic E-state index is 0.200. The molecule has 4 heteroatoms. The van der Waals surface area contributed by atoms with Gasteiger partial charge in [0.15, 0.2) is 0 Å². The molecule has 0 spiro atoms. The molecule has 0 aromatic heterocycles. The normalized spacial score (nSPS) is 41.6. The lowest BCUT2D eigenvalue weighted by atomic mass is 10.1. The van der Waals surface area contributed by atoms with Gasteiger partial charge in [-0.25, -0.2) is 0 Å². The van der Waals surface area contributed by atoms with Crippen molar-refractivity contribution in [1.29, 1.82) is 0 Å². The summed E-state index contributed by atoms with van der Waals surface area (Å²) in [6, 6.07) is 0.200. The van der Waals surface area contributed by atoms with Crippen LogP contribution in [-0.4, -0.2) is 18.2 Å². The molecule has 0 aromatic rings. The van der Waals surface area contributed by atoms with Crippen molar-refractivity contribution in [1.82, 2.24) is 0 Å². The van der Waals surface area contributed by atoms with E-state index in [1.165, 1.54) is 0 Å². The summed E-state index contributed by atoms with van der Waals surface area (Å²) in [6.45, 7) is 0. The zero-order valence-corrected chi connectivity index (χ0v) is 6.31. The van der Waals surface area contributed by atoms with E-state index in [-0.39, 0.29) is 6.04 Å². The largest absolute Gasteiger partial charge is 0.375 e. The van der Waals surface area contributed by atoms with Crippen molar-refractivity contribution in [2.75, 3.05) is 0 Å². The van der Waals surface area contributed by atoms with E-state index in [1.54, 1.807) is 0 Å². The topological polar surface area (TPSA) is 58.0 Å². The molecule has 2 fully saturated rings. The van der Waals surface area contributed by atoms with Gasteiger partial charge >= 0.3 is 0 Å². The highest BCUT2D eigenvalue weighted by Crippen LogP contribution is 2.33. The van der Waals surface area contributed by atoms with E-state index in [2.05, 4.69) is 10.0 Å². The Balaban J connectivity index is 2.02. The molecule has 11 heavy (non-hydrogen) atoms. The third kappa shape index (κ3) is 1.32. The van der Waals surface area contributed by atoms with Gasteiger partial charge in [-0.05, 0) is 31.2 Å². The van der Waals surface area contributed by atoms with Crippen LogP contribution in [0.25, 0.3) is 10.4 Å². The Morgan fingerprint density at radius 2 is 1.91 bits per heavy atom. The van der Waals surface area contributed by atoms with Crippen LogP contribution in [0.4, 0.5) is 0 Å². The first-order valence-corrected chi connectivity index (χ1v) is 4.08. The third-order valence-electron chi connectivity index (χ3n) is 2.48. The van der Waals surface area contributed by atoms with Gasteiger partial charge in [0.2, 0.25) is 0 Å². The highest BCUT2D eigenvalue weighted by atomic mass is 16.5. The molecular formula is C7H11N3O. The average molecular weight is 153 g/mol. The molecule has 2 aliphatic heterocycles. The first-order chi connectivity index (χ1) is 5.38. The van der Waals surface area contributed by atoms with Crippen molar-refractivity contribution in [2.45, 2.75) is 43.9 Å². The summed E-state index contributed by atoms with van der Waals surface area (Å²) in [6.07, 6.45) is 4.93. The lowest BCUT2D eigenvalue weighted by Crippen LogP contribution is -2.26. The van der Waals surface area contributed by atoms with E-state index in [0.29, 0.717) is 12.2 Å². The lowest BCUT2D eigenvalue weighted by molar-refractivity contribution is -0.00228. The van der Waals surface area contributed by atoms with Crippen molar-refractivity contribution in [3.63, 3.8) is 0 Å². The second-order valence-corrected chi connectivity index (χ2v) is 3.29. The molecule has 4 nitrogen and oxygen atoms in total. The summed E-state index contributed by atoms with van der Waals surface area (Å²) in [7, 11) is 0. The van der Waals surface area contributed by atoms with Crippen LogP contribution in [0.2, 0.25) is 0 Å². The third-order valence-corrected chi connectivity index (χ3v) is 2.48. The standard InChI is InChI=1S/C7H11N3O/c8-10-9-5-3-6-1-2-7(4-5)11-6/h5-7H,1-4H2/t5?,6-,7+. The average Bonchev–Trinajstić information content (AvgIpc) is 2.32. The van der Waals surface area contributed by atoms with Gasteiger partial charge in [-0.3, -0.25) is 0 Å². The summed E-state index contributed by atoms with van der Waals surface area (Å²) in [5.74, 6) is 0. The quantitative estimate of drug-likeness (QED) is 0.323. The Bertz CT molecular complexity index is 188. The molecule has 2 heterocycles. The highest BCUT2D eigenvalue weighted by Gasteiger charge is 2.34. The SMILES string of the molecule is [N-]=[N+]=NC1C[C@H]2CC[C@@H](C1)O2. The summed E-state index contributed by atoms with van der Waals surface area (Å²) in [5, 5.41) is 3.72. The minimum absolute atomic E-state index is 0.200. The van der Waals surface area contributed by atoms with Gasteiger partial charge in [-0.1, -0.05) is 5.11 Å². The number of hydrogen-bond acceptors (Lipinski definition) is 2. The Morgan fingerprint density at radius 1 is 1.27 bits per heavy atom. The van der Waals surface area contributed by atoms with E-state index in [1.807, 2.05) is 0 Å². The molecule has 2 saturated heterocycles. The second kappa shape index (κ2) is 2.72. The molecule has 2 rings (SSSR count). The first kappa shape index (κ1) is 6.95. The first-order valence-electron chi connectivity index (χ1n) is 4.08. The van der Waals surface area contributed by atoms with Gasteiger partial charge in [-0.2, -0.15) is 0 Å². The summed E-state index contributed by atoms with van der Waals surface area (Å²) in [4.78, 5) is 2.83. The van der Waals surface area contributed by atoms with Crippen LogP contribution in [0.5, 0.6) is 0 Å². The van der Waals surface area contributed by atoms with Crippen molar-refractivity contribution in [2.24, 2.45) is 5.11 Å². The predicted molar refractivity (Wildman–Crippen MR) is 40.1 cm³/mol. The van der Waals surface area contributed by atoms with Crippen molar-refractivity contribution in [3.8, 4) is 0 Å². The van der Waals surface area contributed by atoms with Crippen LogP contribution in [0, 0.1) is 0 Å². The van der Waals surface area contributed by atoms with E-state index in [4.69, 9.17) is 10.3 Å². The van der Waals surface area contributed by atoms with Gasteiger partial charge in [0.25, 0.3) is 0 Å². The molecule has 2 bridgehead atoms. The Labute approximate surface area is 65.2 Å². The van der Waals surface area contributed by atoms with Gasteiger partial charge in [0, 0.05) is 11.0 Å². The Hall–Kier alpha value is -0.730. The Kier molecular flexibility index (Phi) is 1.72. The molecule has 0 amide bonds. The van der Waals surface area contributed by atoms with E-state index < -0.39 is 0 Å². The molecule has 1 unspecified atom stereocenters. The van der Waals surface area contributed by atoms with Crippen LogP contribution in [0.3, 0.4) is 0 Å². The van der Waals surface area contributed by atoms with E-state index in [9.17, 15) is 0 Å².